The van der Waals surface area contributed by atoms with Crippen molar-refractivity contribution in [3.63, 3.8) is 0 Å². The van der Waals surface area contributed by atoms with Crippen molar-refractivity contribution in [1.29, 1.82) is 0 Å². The minimum absolute atomic E-state index is 0.206. The van der Waals surface area contributed by atoms with Crippen molar-refractivity contribution in [2.24, 2.45) is 0 Å². The van der Waals surface area contributed by atoms with Crippen molar-refractivity contribution in [1.82, 2.24) is 0 Å². The number of para-hydroxylation sites is 1. The summed E-state index contributed by atoms with van der Waals surface area (Å²) < 4.78 is 5.75. The maximum absolute atomic E-state index is 11.2. The standard InChI is InChI=1S/C13H16O2/c1-2-11(14)7-8-12-9-10-5-3-4-6-13(10)15-12/h3-6,12H,2,7-9H2,1H3. The highest BCUT2D eigenvalue weighted by Crippen LogP contribution is 2.29. The quantitative estimate of drug-likeness (QED) is 0.753. The van der Waals surface area contributed by atoms with Crippen LogP contribution in [0.15, 0.2) is 24.3 Å². The van der Waals surface area contributed by atoms with Gasteiger partial charge in [-0.3, -0.25) is 4.79 Å². The summed E-state index contributed by atoms with van der Waals surface area (Å²) in [5.74, 6) is 1.32. The van der Waals surface area contributed by atoms with Crippen LogP contribution in [0.2, 0.25) is 0 Å². The molecule has 1 atom stereocenters. The van der Waals surface area contributed by atoms with Crippen LogP contribution in [-0.4, -0.2) is 11.9 Å². The van der Waals surface area contributed by atoms with Gasteiger partial charge in [-0.2, -0.15) is 0 Å². The van der Waals surface area contributed by atoms with Gasteiger partial charge in [0.15, 0.2) is 0 Å². The minimum atomic E-state index is 0.206. The average Bonchev–Trinajstić information content (AvgIpc) is 2.68. The van der Waals surface area contributed by atoms with Crippen LogP contribution in [0.3, 0.4) is 0 Å². The number of hydrogen-bond donors (Lipinski definition) is 0. The molecule has 0 radical (unpaired) electrons. The van der Waals surface area contributed by atoms with Gasteiger partial charge in [-0.05, 0) is 18.1 Å². The summed E-state index contributed by atoms with van der Waals surface area (Å²) >= 11 is 0. The van der Waals surface area contributed by atoms with Crippen LogP contribution >= 0.6 is 0 Å². The number of carbonyl (C=O) groups excluding carboxylic acids is 1. The Hall–Kier alpha value is -1.31. The van der Waals surface area contributed by atoms with E-state index in [0.717, 1.165) is 18.6 Å². The zero-order valence-corrected chi connectivity index (χ0v) is 9.03. The van der Waals surface area contributed by atoms with Gasteiger partial charge in [0.2, 0.25) is 0 Å². The Balaban J connectivity index is 1.88. The van der Waals surface area contributed by atoms with Crippen LogP contribution in [0, 0.1) is 0 Å². The highest BCUT2D eigenvalue weighted by atomic mass is 16.5. The van der Waals surface area contributed by atoms with Crippen molar-refractivity contribution < 1.29 is 9.53 Å². The van der Waals surface area contributed by atoms with Crippen LogP contribution in [0.4, 0.5) is 0 Å². The molecule has 2 heteroatoms. The molecule has 1 aliphatic heterocycles. The van der Waals surface area contributed by atoms with E-state index in [1.165, 1.54) is 5.56 Å². The molecule has 0 spiro atoms. The maximum atomic E-state index is 11.2. The third kappa shape index (κ3) is 2.38. The monoisotopic (exact) mass is 204 g/mol. The molecule has 0 bridgehead atoms. The molecule has 80 valence electrons. The summed E-state index contributed by atoms with van der Waals surface area (Å²) in [5, 5.41) is 0. The number of ether oxygens (including phenoxy) is 1. The molecular weight excluding hydrogens is 188 g/mol. The Labute approximate surface area is 90.3 Å². The second-order valence-electron chi connectivity index (χ2n) is 3.98. The van der Waals surface area contributed by atoms with E-state index in [1.807, 2.05) is 25.1 Å². The molecule has 1 aliphatic rings. The van der Waals surface area contributed by atoms with Crippen LogP contribution in [0.5, 0.6) is 5.75 Å². The van der Waals surface area contributed by atoms with E-state index in [1.54, 1.807) is 0 Å². The van der Waals surface area contributed by atoms with Crippen molar-refractivity contribution in [2.45, 2.75) is 38.7 Å². The topological polar surface area (TPSA) is 26.3 Å². The number of rotatable bonds is 4. The Morgan fingerprint density at radius 2 is 2.27 bits per heavy atom. The molecule has 2 rings (SSSR count). The number of carbonyl (C=O) groups is 1. The highest BCUT2D eigenvalue weighted by molar-refractivity contribution is 5.77. The highest BCUT2D eigenvalue weighted by Gasteiger charge is 2.22. The average molecular weight is 204 g/mol. The lowest BCUT2D eigenvalue weighted by Crippen LogP contribution is -2.14. The van der Waals surface area contributed by atoms with Gasteiger partial charge in [0.25, 0.3) is 0 Å². The largest absolute Gasteiger partial charge is 0.490 e. The normalized spacial score (nSPS) is 18.3. The zero-order valence-electron chi connectivity index (χ0n) is 9.03. The van der Waals surface area contributed by atoms with E-state index in [4.69, 9.17) is 4.74 Å². The predicted molar refractivity (Wildman–Crippen MR) is 59.1 cm³/mol. The van der Waals surface area contributed by atoms with Crippen molar-refractivity contribution in [3.05, 3.63) is 29.8 Å². The van der Waals surface area contributed by atoms with E-state index in [2.05, 4.69) is 6.07 Å². The Morgan fingerprint density at radius 1 is 1.47 bits per heavy atom. The van der Waals surface area contributed by atoms with Gasteiger partial charge in [-0.1, -0.05) is 25.1 Å². The van der Waals surface area contributed by atoms with E-state index >= 15 is 0 Å². The van der Waals surface area contributed by atoms with Crippen molar-refractivity contribution >= 4 is 5.78 Å². The second-order valence-corrected chi connectivity index (χ2v) is 3.98. The van der Waals surface area contributed by atoms with Crippen molar-refractivity contribution in [2.75, 3.05) is 0 Å². The van der Waals surface area contributed by atoms with Gasteiger partial charge < -0.3 is 4.74 Å². The lowest BCUT2D eigenvalue weighted by atomic mass is 10.0. The fourth-order valence-electron chi connectivity index (χ4n) is 1.91. The van der Waals surface area contributed by atoms with Gasteiger partial charge in [-0.15, -0.1) is 0 Å². The first-order valence-corrected chi connectivity index (χ1v) is 5.56. The molecule has 0 fully saturated rings. The number of ketones is 1. The summed E-state index contributed by atoms with van der Waals surface area (Å²) in [4.78, 5) is 11.2. The predicted octanol–water partition coefficient (Wildman–Crippen LogP) is 2.75. The number of fused-ring (bicyclic) bond motifs is 1. The molecule has 2 nitrogen and oxygen atoms in total. The fraction of sp³-hybridized carbons (Fsp3) is 0.462. The molecular formula is C13H16O2. The lowest BCUT2D eigenvalue weighted by molar-refractivity contribution is -0.119. The Bertz CT molecular complexity index is 332. The van der Waals surface area contributed by atoms with E-state index in [0.29, 0.717) is 18.6 Å². The smallest absolute Gasteiger partial charge is 0.132 e. The van der Waals surface area contributed by atoms with Crippen LogP contribution in [-0.2, 0) is 11.2 Å². The summed E-state index contributed by atoms with van der Waals surface area (Å²) in [6.07, 6.45) is 3.29. The number of benzene rings is 1. The van der Waals surface area contributed by atoms with E-state index < -0.39 is 0 Å². The molecule has 1 aromatic rings. The van der Waals surface area contributed by atoms with Gasteiger partial charge in [-0.25, -0.2) is 0 Å². The molecule has 0 aromatic heterocycles. The first-order valence-electron chi connectivity index (χ1n) is 5.56. The van der Waals surface area contributed by atoms with Gasteiger partial charge in [0.1, 0.15) is 17.6 Å². The molecule has 0 amide bonds. The minimum Gasteiger partial charge on any atom is -0.490 e. The molecule has 15 heavy (non-hydrogen) atoms. The molecule has 1 heterocycles. The molecule has 0 aliphatic carbocycles. The van der Waals surface area contributed by atoms with Crippen molar-refractivity contribution in [3.8, 4) is 5.75 Å². The van der Waals surface area contributed by atoms with Crippen LogP contribution in [0.25, 0.3) is 0 Å². The third-order valence-electron chi connectivity index (χ3n) is 2.85. The van der Waals surface area contributed by atoms with E-state index in [9.17, 15) is 4.79 Å². The first-order chi connectivity index (χ1) is 7.29. The molecule has 1 aromatic carbocycles. The van der Waals surface area contributed by atoms with Crippen LogP contribution < -0.4 is 4.74 Å². The summed E-state index contributed by atoms with van der Waals surface area (Å²) in [6, 6.07) is 8.11. The maximum Gasteiger partial charge on any atom is 0.132 e. The molecule has 0 saturated carbocycles. The molecule has 1 unspecified atom stereocenters. The first kappa shape index (κ1) is 10.2. The lowest BCUT2D eigenvalue weighted by Gasteiger charge is -2.09. The Morgan fingerprint density at radius 3 is 3.00 bits per heavy atom. The third-order valence-corrected chi connectivity index (χ3v) is 2.85. The van der Waals surface area contributed by atoms with Crippen LogP contribution in [0.1, 0.15) is 31.7 Å². The van der Waals surface area contributed by atoms with E-state index in [-0.39, 0.29) is 6.10 Å². The second kappa shape index (κ2) is 4.47. The number of hydrogen-bond acceptors (Lipinski definition) is 2. The molecule has 0 N–H and O–H groups in total. The molecule has 0 saturated heterocycles. The van der Waals surface area contributed by atoms with Gasteiger partial charge in [0.05, 0.1) is 0 Å². The van der Waals surface area contributed by atoms with Gasteiger partial charge >= 0.3 is 0 Å². The van der Waals surface area contributed by atoms with Gasteiger partial charge in [0, 0.05) is 19.3 Å². The summed E-state index contributed by atoms with van der Waals surface area (Å²) in [5.41, 5.74) is 1.27. The number of Topliss-reactive ketones (excluding diaryl/α,β-unsaturated/α-hetero) is 1. The zero-order chi connectivity index (χ0) is 10.7. The fourth-order valence-corrected chi connectivity index (χ4v) is 1.91. The summed E-state index contributed by atoms with van der Waals surface area (Å²) in [6.45, 7) is 1.91. The summed E-state index contributed by atoms with van der Waals surface area (Å²) in [7, 11) is 0. The Kier molecular flexibility index (Phi) is 3.05. The SMILES string of the molecule is CCC(=O)CCC1Cc2ccccc2O1.